The Morgan fingerprint density at radius 1 is 1.11 bits per heavy atom. The van der Waals surface area contributed by atoms with Gasteiger partial charge in [-0.15, -0.1) is 0 Å². The van der Waals surface area contributed by atoms with Crippen molar-refractivity contribution in [2.75, 3.05) is 5.43 Å². The predicted octanol–water partition coefficient (Wildman–Crippen LogP) is 2.47. The quantitative estimate of drug-likeness (QED) is 0.651. The number of nitrogens with two attached hydrogens (primary N) is 1. The predicted molar refractivity (Wildman–Crippen MR) is 73.6 cm³/mol. The van der Waals surface area contributed by atoms with E-state index in [1.165, 1.54) is 0 Å². The molecule has 0 bridgehead atoms. The van der Waals surface area contributed by atoms with Gasteiger partial charge >= 0.3 is 0 Å². The lowest BCUT2D eigenvalue weighted by Gasteiger charge is -2.15. The van der Waals surface area contributed by atoms with Gasteiger partial charge in [-0.3, -0.25) is 0 Å². The number of nitrogens with one attached hydrogen (secondary N) is 1. The third kappa shape index (κ3) is 2.31. The van der Waals surface area contributed by atoms with Crippen molar-refractivity contribution in [3.05, 3.63) is 22.7 Å². The lowest BCUT2D eigenvalue weighted by atomic mass is 10.0. The van der Waals surface area contributed by atoms with Gasteiger partial charge in [0.1, 0.15) is 11.6 Å². The van der Waals surface area contributed by atoms with Crippen LogP contribution >= 0.6 is 0 Å². The molecule has 0 saturated heterocycles. The Balaban J connectivity index is 2.65. The van der Waals surface area contributed by atoms with Crippen molar-refractivity contribution in [1.82, 2.24) is 15.1 Å². The van der Waals surface area contributed by atoms with E-state index in [1.54, 1.807) is 0 Å². The number of hydrogen-bond donors (Lipinski definition) is 2. The van der Waals surface area contributed by atoms with Crippen molar-refractivity contribution >= 4 is 5.82 Å². The molecule has 2 rings (SSSR count). The molecule has 3 N–H and O–H groups in total. The molecule has 2 aromatic heterocycles. The number of nitrogen functional groups attached to an aromatic ring is 1. The van der Waals surface area contributed by atoms with Gasteiger partial charge < -0.3 is 9.95 Å². The summed E-state index contributed by atoms with van der Waals surface area (Å²) < 4.78 is 5.16. The van der Waals surface area contributed by atoms with Crippen LogP contribution in [0.25, 0.3) is 11.4 Å². The first-order valence-electron chi connectivity index (χ1n) is 6.24. The fourth-order valence-corrected chi connectivity index (χ4v) is 2.30. The summed E-state index contributed by atoms with van der Waals surface area (Å²) in [5.74, 6) is 7.82. The lowest BCUT2D eigenvalue weighted by Crippen LogP contribution is -2.14. The fourth-order valence-electron chi connectivity index (χ4n) is 2.30. The van der Waals surface area contributed by atoms with Gasteiger partial charge in [-0.1, -0.05) is 19.0 Å². The first-order valence-corrected chi connectivity index (χ1v) is 6.24. The number of rotatable bonds is 3. The standard InChI is InChI=1S/C13H19N5O/c1-6(2)10-7(3)15-12(16-13(10)17-14)11-8(4)18-19-9(11)5/h6H,14H2,1-5H3,(H,15,16,17). The Labute approximate surface area is 112 Å². The number of nitrogens with zero attached hydrogens (tertiary/aromatic N) is 3. The molecule has 6 heteroatoms. The smallest absolute Gasteiger partial charge is 0.167 e. The maximum Gasteiger partial charge on any atom is 0.167 e. The second-order valence-corrected chi connectivity index (χ2v) is 4.89. The van der Waals surface area contributed by atoms with Gasteiger partial charge in [0, 0.05) is 11.3 Å². The molecule has 0 aliphatic rings. The van der Waals surface area contributed by atoms with Crippen molar-refractivity contribution in [3.63, 3.8) is 0 Å². The average molecular weight is 261 g/mol. The molecular weight excluding hydrogens is 242 g/mol. The zero-order chi connectivity index (χ0) is 14.2. The normalized spacial score (nSPS) is 11.1. The molecule has 0 aliphatic heterocycles. The molecular formula is C13H19N5O. The second kappa shape index (κ2) is 4.97. The summed E-state index contributed by atoms with van der Waals surface area (Å²) in [4.78, 5) is 9.05. The molecule has 6 nitrogen and oxygen atoms in total. The van der Waals surface area contributed by atoms with E-state index in [9.17, 15) is 0 Å². The van der Waals surface area contributed by atoms with E-state index < -0.39 is 0 Å². The summed E-state index contributed by atoms with van der Waals surface area (Å²) in [6, 6.07) is 0. The van der Waals surface area contributed by atoms with Crippen LogP contribution in [0.15, 0.2) is 4.52 Å². The van der Waals surface area contributed by atoms with Crippen LogP contribution in [0.1, 0.15) is 42.5 Å². The van der Waals surface area contributed by atoms with Crippen LogP contribution in [-0.4, -0.2) is 15.1 Å². The molecule has 2 aromatic rings. The largest absolute Gasteiger partial charge is 0.361 e. The molecule has 102 valence electrons. The SMILES string of the molecule is Cc1noc(C)c1-c1nc(C)c(C(C)C)c(NN)n1. The number of aryl methyl sites for hydroxylation is 3. The summed E-state index contributed by atoms with van der Waals surface area (Å²) in [5.41, 5.74) is 6.20. The first kappa shape index (κ1) is 13.5. The maximum absolute atomic E-state index is 5.58. The minimum atomic E-state index is 0.296. The van der Waals surface area contributed by atoms with E-state index in [-0.39, 0.29) is 0 Å². The number of hydrogen-bond acceptors (Lipinski definition) is 6. The van der Waals surface area contributed by atoms with Crippen molar-refractivity contribution in [2.24, 2.45) is 5.84 Å². The van der Waals surface area contributed by atoms with Crippen LogP contribution in [0.3, 0.4) is 0 Å². The van der Waals surface area contributed by atoms with Crippen LogP contribution in [0, 0.1) is 20.8 Å². The van der Waals surface area contributed by atoms with E-state index in [2.05, 4.69) is 34.4 Å². The minimum absolute atomic E-state index is 0.296. The summed E-state index contributed by atoms with van der Waals surface area (Å²) in [6.45, 7) is 9.85. The van der Waals surface area contributed by atoms with Crippen molar-refractivity contribution < 1.29 is 4.52 Å². The zero-order valence-corrected chi connectivity index (χ0v) is 11.9. The van der Waals surface area contributed by atoms with Crippen LogP contribution in [0.5, 0.6) is 0 Å². The third-order valence-corrected chi connectivity index (χ3v) is 3.11. The van der Waals surface area contributed by atoms with Gasteiger partial charge in [0.05, 0.1) is 11.3 Å². The Kier molecular flexibility index (Phi) is 3.53. The highest BCUT2D eigenvalue weighted by molar-refractivity contribution is 5.63. The van der Waals surface area contributed by atoms with E-state index >= 15 is 0 Å². The molecule has 0 unspecified atom stereocenters. The Bertz CT molecular complexity index is 584. The molecule has 0 saturated carbocycles. The van der Waals surface area contributed by atoms with Gasteiger partial charge in [0.25, 0.3) is 0 Å². The van der Waals surface area contributed by atoms with E-state index in [0.717, 1.165) is 22.5 Å². The van der Waals surface area contributed by atoms with E-state index in [4.69, 9.17) is 10.4 Å². The molecule has 0 fully saturated rings. The van der Waals surface area contributed by atoms with E-state index in [1.807, 2.05) is 20.8 Å². The summed E-state index contributed by atoms with van der Waals surface area (Å²) in [6.07, 6.45) is 0. The number of aromatic nitrogens is 3. The van der Waals surface area contributed by atoms with Crippen LogP contribution in [0.4, 0.5) is 5.82 Å². The van der Waals surface area contributed by atoms with Gasteiger partial charge in [-0.25, -0.2) is 15.8 Å². The van der Waals surface area contributed by atoms with E-state index in [0.29, 0.717) is 23.3 Å². The number of hydrazine groups is 1. The van der Waals surface area contributed by atoms with Crippen LogP contribution < -0.4 is 11.3 Å². The Morgan fingerprint density at radius 2 is 1.79 bits per heavy atom. The highest BCUT2D eigenvalue weighted by Crippen LogP contribution is 2.30. The highest BCUT2D eigenvalue weighted by Gasteiger charge is 2.19. The van der Waals surface area contributed by atoms with Crippen molar-refractivity contribution in [2.45, 2.75) is 40.5 Å². The van der Waals surface area contributed by atoms with Crippen LogP contribution in [0.2, 0.25) is 0 Å². The zero-order valence-electron chi connectivity index (χ0n) is 11.9. The van der Waals surface area contributed by atoms with Crippen molar-refractivity contribution in [3.8, 4) is 11.4 Å². The maximum atomic E-state index is 5.58. The lowest BCUT2D eigenvalue weighted by molar-refractivity contribution is 0.393. The molecule has 0 spiro atoms. The Morgan fingerprint density at radius 3 is 2.26 bits per heavy atom. The summed E-state index contributed by atoms with van der Waals surface area (Å²) in [5, 5.41) is 3.93. The highest BCUT2D eigenvalue weighted by atomic mass is 16.5. The fraction of sp³-hybridized carbons (Fsp3) is 0.462. The monoisotopic (exact) mass is 261 g/mol. The molecule has 0 radical (unpaired) electrons. The van der Waals surface area contributed by atoms with Crippen LogP contribution in [-0.2, 0) is 0 Å². The van der Waals surface area contributed by atoms with Gasteiger partial charge in [-0.05, 0) is 26.7 Å². The molecule has 0 amide bonds. The second-order valence-electron chi connectivity index (χ2n) is 4.89. The number of anilines is 1. The molecule has 0 aliphatic carbocycles. The molecule has 0 aromatic carbocycles. The summed E-state index contributed by atoms with van der Waals surface area (Å²) in [7, 11) is 0. The molecule has 2 heterocycles. The topological polar surface area (TPSA) is 89.9 Å². The Hall–Kier alpha value is -1.95. The molecule has 19 heavy (non-hydrogen) atoms. The average Bonchev–Trinajstić information content (AvgIpc) is 2.67. The summed E-state index contributed by atoms with van der Waals surface area (Å²) >= 11 is 0. The van der Waals surface area contributed by atoms with Gasteiger partial charge in [-0.2, -0.15) is 0 Å². The van der Waals surface area contributed by atoms with Crippen molar-refractivity contribution in [1.29, 1.82) is 0 Å². The first-order chi connectivity index (χ1) is 8.95. The molecule has 0 atom stereocenters. The van der Waals surface area contributed by atoms with Gasteiger partial charge in [0.2, 0.25) is 0 Å². The van der Waals surface area contributed by atoms with Gasteiger partial charge in [0.15, 0.2) is 5.82 Å². The minimum Gasteiger partial charge on any atom is -0.361 e. The third-order valence-electron chi connectivity index (χ3n) is 3.11.